The minimum Gasteiger partial charge on any atom is -0.455 e. The van der Waals surface area contributed by atoms with Crippen molar-refractivity contribution in [3.05, 3.63) is 53.0 Å². The molecule has 26 heavy (non-hydrogen) atoms. The summed E-state index contributed by atoms with van der Waals surface area (Å²) in [7, 11) is -3.70. The Morgan fingerprint density at radius 1 is 1.15 bits per heavy atom. The number of benzene rings is 1. The highest BCUT2D eigenvalue weighted by Crippen LogP contribution is 2.26. The lowest BCUT2D eigenvalue weighted by molar-refractivity contribution is 0.0921. The van der Waals surface area contributed by atoms with Crippen LogP contribution in [0, 0.1) is 18.6 Å². The Hall–Kier alpha value is -2.26. The van der Waals surface area contributed by atoms with Crippen molar-refractivity contribution >= 4 is 15.9 Å². The maximum absolute atomic E-state index is 13.2. The number of rotatable bonds is 5. The Morgan fingerprint density at radius 3 is 2.38 bits per heavy atom. The van der Waals surface area contributed by atoms with Gasteiger partial charge in [-0.25, -0.2) is 17.2 Å². The molecule has 0 radical (unpaired) electrons. The molecule has 1 aromatic heterocycles. The van der Waals surface area contributed by atoms with E-state index in [9.17, 15) is 22.0 Å². The van der Waals surface area contributed by atoms with Gasteiger partial charge in [0.15, 0.2) is 5.76 Å². The number of carbonyl (C=O) groups is 1. The average molecular weight is 384 g/mol. The average Bonchev–Trinajstić information content (AvgIpc) is 3.21. The van der Waals surface area contributed by atoms with Crippen LogP contribution in [0.1, 0.15) is 34.7 Å². The largest absolute Gasteiger partial charge is 0.455 e. The molecule has 1 saturated heterocycles. The Balaban J connectivity index is 1.74. The SMILES string of the molecule is Cc1oc(C(=O)NCc2cc(F)cc(F)c2)cc1S(=O)(=O)N1CCCC1. The van der Waals surface area contributed by atoms with Crippen LogP contribution in [-0.2, 0) is 16.6 Å². The van der Waals surface area contributed by atoms with E-state index in [2.05, 4.69) is 5.32 Å². The summed E-state index contributed by atoms with van der Waals surface area (Å²) in [6.45, 7) is 2.24. The van der Waals surface area contributed by atoms with Crippen LogP contribution in [-0.4, -0.2) is 31.7 Å². The van der Waals surface area contributed by atoms with Gasteiger partial charge in [-0.05, 0) is 37.5 Å². The summed E-state index contributed by atoms with van der Waals surface area (Å²) in [5.41, 5.74) is 0.240. The molecular weight excluding hydrogens is 366 g/mol. The van der Waals surface area contributed by atoms with Crippen molar-refractivity contribution < 1.29 is 26.4 Å². The summed E-state index contributed by atoms with van der Waals surface area (Å²) in [6.07, 6.45) is 1.60. The fourth-order valence-corrected chi connectivity index (χ4v) is 4.56. The molecule has 2 aromatic rings. The number of carbonyl (C=O) groups excluding carboxylic acids is 1. The van der Waals surface area contributed by atoms with Crippen molar-refractivity contribution in [1.82, 2.24) is 9.62 Å². The highest BCUT2D eigenvalue weighted by molar-refractivity contribution is 7.89. The third-order valence-electron chi connectivity index (χ3n) is 4.15. The van der Waals surface area contributed by atoms with Gasteiger partial charge < -0.3 is 9.73 Å². The first kappa shape index (κ1) is 18.5. The molecular formula is C17H18F2N2O4S. The fraction of sp³-hybridized carbons (Fsp3) is 0.353. The second kappa shape index (κ2) is 7.16. The second-order valence-electron chi connectivity index (χ2n) is 6.10. The Kier molecular flexibility index (Phi) is 5.10. The van der Waals surface area contributed by atoms with Gasteiger partial charge in [-0.2, -0.15) is 4.31 Å². The van der Waals surface area contributed by atoms with Crippen LogP contribution in [0.25, 0.3) is 0 Å². The standard InChI is InChI=1S/C17H18F2N2O4S/c1-11-16(26(23,24)21-4-2-3-5-21)9-15(25-11)17(22)20-10-12-6-13(18)8-14(19)7-12/h6-9H,2-5,10H2,1H3,(H,20,22). The summed E-state index contributed by atoms with van der Waals surface area (Å²) in [6, 6.07) is 4.11. The Bertz CT molecular complexity index is 914. The van der Waals surface area contributed by atoms with Crippen molar-refractivity contribution in [2.24, 2.45) is 0 Å². The maximum atomic E-state index is 13.2. The van der Waals surface area contributed by atoms with E-state index in [1.165, 1.54) is 17.3 Å². The van der Waals surface area contributed by atoms with Crippen LogP contribution in [0.5, 0.6) is 0 Å². The lowest BCUT2D eigenvalue weighted by Gasteiger charge is -2.14. The lowest BCUT2D eigenvalue weighted by atomic mass is 10.2. The van der Waals surface area contributed by atoms with Crippen LogP contribution in [0.2, 0.25) is 0 Å². The van der Waals surface area contributed by atoms with E-state index in [4.69, 9.17) is 4.42 Å². The first-order valence-corrected chi connectivity index (χ1v) is 9.55. The zero-order chi connectivity index (χ0) is 18.9. The third kappa shape index (κ3) is 3.78. The molecule has 1 aromatic carbocycles. The predicted octanol–water partition coefficient (Wildman–Crippen LogP) is 2.58. The van der Waals surface area contributed by atoms with Gasteiger partial charge in [0.25, 0.3) is 5.91 Å². The van der Waals surface area contributed by atoms with E-state index >= 15 is 0 Å². The van der Waals surface area contributed by atoms with Crippen molar-refractivity contribution in [3.63, 3.8) is 0 Å². The predicted molar refractivity (Wildman–Crippen MR) is 89.0 cm³/mol. The minimum atomic E-state index is -3.70. The zero-order valence-corrected chi connectivity index (χ0v) is 14.9. The molecule has 0 atom stereocenters. The smallest absolute Gasteiger partial charge is 0.287 e. The van der Waals surface area contributed by atoms with Gasteiger partial charge in [-0.15, -0.1) is 0 Å². The third-order valence-corrected chi connectivity index (χ3v) is 6.16. The van der Waals surface area contributed by atoms with E-state index in [0.717, 1.165) is 31.0 Å². The van der Waals surface area contributed by atoms with E-state index in [-0.39, 0.29) is 28.5 Å². The zero-order valence-electron chi connectivity index (χ0n) is 14.1. The van der Waals surface area contributed by atoms with Crippen molar-refractivity contribution in [2.45, 2.75) is 31.2 Å². The van der Waals surface area contributed by atoms with Gasteiger partial charge in [0.05, 0.1) is 0 Å². The fourth-order valence-electron chi connectivity index (χ4n) is 2.88. The molecule has 1 amide bonds. The van der Waals surface area contributed by atoms with Gasteiger partial charge in [0.2, 0.25) is 10.0 Å². The molecule has 0 saturated carbocycles. The molecule has 0 bridgehead atoms. The molecule has 2 heterocycles. The number of nitrogens with one attached hydrogen (secondary N) is 1. The van der Waals surface area contributed by atoms with Crippen LogP contribution < -0.4 is 5.32 Å². The molecule has 0 aliphatic carbocycles. The summed E-state index contributed by atoms with van der Waals surface area (Å²) >= 11 is 0. The van der Waals surface area contributed by atoms with Gasteiger partial charge >= 0.3 is 0 Å². The highest BCUT2D eigenvalue weighted by Gasteiger charge is 2.31. The number of hydrogen-bond acceptors (Lipinski definition) is 4. The topological polar surface area (TPSA) is 79.6 Å². The minimum absolute atomic E-state index is 0.0404. The molecule has 6 nitrogen and oxygen atoms in total. The first-order chi connectivity index (χ1) is 12.3. The van der Waals surface area contributed by atoms with Crippen molar-refractivity contribution in [3.8, 4) is 0 Å². The molecule has 0 spiro atoms. The molecule has 0 unspecified atom stereocenters. The van der Waals surface area contributed by atoms with Gasteiger partial charge in [0, 0.05) is 31.8 Å². The first-order valence-electron chi connectivity index (χ1n) is 8.11. The molecule has 1 aliphatic rings. The quantitative estimate of drug-likeness (QED) is 0.859. The summed E-state index contributed by atoms with van der Waals surface area (Å²) in [4.78, 5) is 12.2. The number of hydrogen-bond donors (Lipinski definition) is 1. The molecule has 140 valence electrons. The lowest BCUT2D eigenvalue weighted by Crippen LogP contribution is -2.28. The van der Waals surface area contributed by atoms with E-state index in [1.54, 1.807) is 0 Å². The molecule has 3 rings (SSSR count). The van der Waals surface area contributed by atoms with Gasteiger partial charge in [-0.3, -0.25) is 4.79 Å². The number of nitrogens with zero attached hydrogens (tertiary/aromatic N) is 1. The van der Waals surface area contributed by atoms with E-state index < -0.39 is 27.6 Å². The molecule has 1 N–H and O–H groups in total. The summed E-state index contributed by atoms with van der Waals surface area (Å²) in [5.74, 6) is -2.21. The van der Waals surface area contributed by atoms with Crippen molar-refractivity contribution in [1.29, 1.82) is 0 Å². The number of aryl methyl sites for hydroxylation is 1. The second-order valence-corrected chi connectivity index (χ2v) is 8.01. The Labute approximate surface area is 149 Å². The van der Waals surface area contributed by atoms with Crippen LogP contribution in [0.15, 0.2) is 33.6 Å². The van der Waals surface area contributed by atoms with Crippen LogP contribution >= 0.6 is 0 Å². The molecule has 1 fully saturated rings. The Morgan fingerprint density at radius 2 is 1.77 bits per heavy atom. The normalized spacial score (nSPS) is 15.3. The molecule has 9 heteroatoms. The number of amides is 1. The maximum Gasteiger partial charge on any atom is 0.287 e. The van der Waals surface area contributed by atoms with Crippen LogP contribution in [0.4, 0.5) is 8.78 Å². The van der Waals surface area contributed by atoms with E-state index in [0.29, 0.717) is 13.1 Å². The highest BCUT2D eigenvalue weighted by atomic mass is 32.2. The van der Waals surface area contributed by atoms with Crippen molar-refractivity contribution in [2.75, 3.05) is 13.1 Å². The molecule has 1 aliphatic heterocycles. The summed E-state index contributed by atoms with van der Waals surface area (Å²) < 4.78 is 58.2. The number of sulfonamides is 1. The van der Waals surface area contributed by atoms with Gasteiger partial charge in [0.1, 0.15) is 22.3 Å². The van der Waals surface area contributed by atoms with Gasteiger partial charge in [-0.1, -0.05) is 0 Å². The monoisotopic (exact) mass is 384 g/mol. The number of furan rings is 1. The number of halogens is 2. The summed E-state index contributed by atoms with van der Waals surface area (Å²) in [5, 5.41) is 2.46. The van der Waals surface area contributed by atoms with E-state index in [1.807, 2.05) is 0 Å². The van der Waals surface area contributed by atoms with Crippen LogP contribution in [0.3, 0.4) is 0 Å².